The zero-order valence-corrected chi connectivity index (χ0v) is 12.3. The predicted molar refractivity (Wildman–Crippen MR) is 79.0 cm³/mol. The van der Waals surface area contributed by atoms with Crippen molar-refractivity contribution in [3.8, 4) is 5.75 Å². The standard InChI is InChI=1S/C15H15BrFNO/c1-9-3-5-12(15(19)7-9)10(2)18-14-6-4-11(17)8-13(14)16/h3-8,10,18-19H,1-2H3. The van der Waals surface area contributed by atoms with Crippen molar-refractivity contribution in [3.05, 3.63) is 57.8 Å². The summed E-state index contributed by atoms with van der Waals surface area (Å²) in [5.41, 5.74) is 2.60. The number of halogens is 2. The molecule has 1 atom stereocenters. The molecule has 0 fully saturated rings. The molecule has 0 saturated carbocycles. The summed E-state index contributed by atoms with van der Waals surface area (Å²) in [6.45, 7) is 3.87. The first-order valence-electron chi connectivity index (χ1n) is 5.98. The van der Waals surface area contributed by atoms with E-state index in [9.17, 15) is 9.50 Å². The van der Waals surface area contributed by atoms with E-state index in [2.05, 4.69) is 21.2 Å². The Morgan fingerprint density at radius 1 is 1.21 bits per heavy atom. The number of benzene rings is 2. The third-order valence-electron chi connectivity index (χ3n) is 2.96. The van der Waals surface area contributed by atoms with Crippen molar-refractivity contribution in [2.24, 2.45) is 0 Å². The quantitative estimate of drug-likeness (QED) is 0.852. The molecule has 2 aromatic carbocycles. The van der Waals surface area contributed by atoms with Crippen LogP contribution in [0.25, 0.3) is 0 Å². The lowest BCUT2D eigenvalue weighted by Crippen LogP contribution is -2.07. The molecule has 0 aliphatic carbocycles. The van der Waals surface area contributed by atoms with E-state index in [4.69, 9.17) is 0 Å². The van der Waals surface area contributed by atoms with Crippen molar-refractivity contribution in [1.82, 2.24) is 0 Å². The molecule has 0 aliphatic heterocycles. The highest BCUT2D eigenvalue weighted by Crippen LogP contribution is 2.31. The van der Waals surface area contributed by atoms with Crippen molar-refractivity contribution in [2.45, 2.75) is 19.9 Å². The molecule has 0 heterocycles. The van der Waals surface area contributed by atoms with Crippen LogP contribution in [0.5, 0.6) is 5.75 Å². The topological polar surface area (TPSA) is 32.3 Å². The Bertz CT molecular complexity index is 601. The minimum Gasteiger partial charge on any atom is -0.508 e. The van der Waals surface area contributed by atoms with E-state index < -0.39 is 0 Å². The van der Waals surface area contributed by atoms with Gasteiger partial charge in [0.15, 0.2) is 0 Å². The highest BCUT2D eigenvalue weighted by atomic mass is 79.9. The first-order valence-corrected chi connectivity index (χ1v) is 6.78. The smallest absolute Gasteiger partial charge is 0.124 e. The van der Waals surface area contributed by atoms with Gasteiger partial charge in [-0.15, -0.1) is 0 Å². The minimum atomic E-state index is -0.289. The maximum Gasteiger partial charge on any atom is 0.124 e. The van der Waals surface area contributed by atoms with E-state index in [1.807, 2.05) is 26.0 Å². The van der Waals surface area contributed by atoms with Crippen molar-refractivity contribution >= 4 is 21.6 Å². The lowest BCUT2D eigenvalue weighted by molar-refractivity contribution is 0.465. The Labute approximate surface area is 120 Å². The lowest BCUT2D eigenvalue weighted by atomic mass is 10.0. The SMILES string of the molecule is Cc1ccc(C(C)Nc2ccc(F)cc2Br)c(O)c1. The van der Waals surface area contributed by atoms with Crippen LogP contribution in [0.15, 0.2) is 40.9 Å². The van der Waals surface area contributed by atoms with Gasteiger partial charge < -0.3 is 10.4 Å². The Morgan fingerprint density at radius 3 is 2.58 bits per heavy atom. The van der Waals surface area contributed by atoms with Crippen molar-refractivity contribution in [3.63, 3.8) is 0 Å². The van der Waals surface area contributed by atoms with E-state index in [0.29, 0.717) is 4.47 Å². The fourth-order valence-electron chi connectivity index (χ4n) is 1.94. The van der Waals surface area contributed by atoms with Gasteiger partial charge in [0.25, 0.3) is 0 Å². The molecule has 2 rings (SSSR count). The zero-order chi connectivity index (χ0) is 14.0. The third kappa shape index (κ3) is 3.26. The van der Waals surface area contributed by atoms with Gasteiger partial charge in [-0.25, -0.2) is 4.39 Å². The molecule has 0 saturated heterocycles. The fraction of sp³-hybridized carbons (Fsp3) is 0.200. The average molecular weight is 324 g/mol. The number of aromatic hydroxyl groups is 1. The van der Waals surface area contributed by atoms with E-state index in [0.717, 1.165) is 16.8 Å². The van der Waals surface area contributed by atoms with Gasteiger partial charge in [-0.1, -0.05) is 12.1 Å². The molecular weight excluding hydrogens is 309 g/mol. The molecule has 2 N–H and O–H groups in total. The molecule has 2 aromatic rings. The Balaban J connectivity index is 2.23. The van der Waals surface area contributed by atoms with Gasteiger partial charge in [0.2, 0.25) is 0 Å². The summed E-state index contributed by atoms with van der Waals surface area (Å²) in [4.78, 5) is 0. The van der Waals surface area contributed by atoms with Crippen LogP contribution in [-0.2, 0) is 0 Å². The highest BCUT2D eigenvalue weighted by molar-refractivity contribution is 9.10. The van der Waals surface area contributed by atoms with E-state index >= 15 is 0 Å². The van der Waals surface area contributed by atoms with Crippen LogP contribution in [0.3, 0.4) is 0 Å². The van der Waals surface area contributed by atoms with Crippen LogP contribution in [0.2, 0.25) is 0 Å². The normalized spacial score (nSPS) is 12.2. The summed E-state index contributed by atoms with van der Waals surface area (Å²) in [6.07, 6.45) is 0. The van der Waals surface area contributed by atoms with Gasteiger partial charge in [-0.3, -0.25) is 0 Å². The number of hydrogen-bond acceptors (Lipinski definition) is 2. The fourth-order valence-corrected chi connectivity index (χ4v) is 2.40. The number of aryl methyl sites for hydroxylation is 1. The zero-order valence-electron chi connectivity index (χ0n) is 10.7. The first-order chi connectivity index (χ1) is 8.97. The number of phenolic OH excluding ortho intramolecular Hbond substituents is 1. The molecule has 1 unspecified atom stereocenters. The summed E-state index contributed by atoms with van der Waals surface area (Å²) in [6, 6.07) is 9.96. The summed E-state index contributed by atoms with van der Waals surface area (Å²) in [5.74, 6) is -0.0264. The van der Waals surface area contributed by atoms with Crippen molar-refractivity contribution in [1.29, 1.82) is 0 Å². The van der Waals surface area contributed by atoms with Crippen LogP contribution in [0, 0.1) is 12.7 Å². The van der Waals surface area contributed by atoms with Crippen LogP contribution in [0.1, 0.15) is 24.1 Å². The molecule has 0 aliphatic rings. The Kier molecular flexibility index (Phi) is 4.10. The van der Waals surface area contributed by atoms with Gasteiger partial charge >= 0.3 is 0 Å². The van der Waals surface area contributed by atoms with Gasteiger partial charge in [0.1, 0.15) is 11.6 Å². The Morgan fingerprint density at radius 2 is 1.95 bits per heavy atom. The average Bonchev–Trinajstić information content (AvgIpc) is 2.32. The molecule has 0 spiro atoms. The number of rotatable bonds is 3. The van der Waals surface area contributed by atoms with Gasteiger partial charge in [-0.2, -0.15) is 0 Å². The maximum absolute atomic E-state index is 13.0. The summed E-state index contributed by atoms with van der Waals surface area (Å²) >= 11 is 3.31. The molecule has 0 amide bonds. The van der Waals surface area contributed by atoms with Crippen LogP contribution >= 0.6 is 15.9 Å². The largest absolute Gasteiger partial charge is 0.508 e. The molecule has 0 radical (unpaired) electrons. The van der Waals surface area contributed by atoms with Crippen LogP contribution in [-0.4, -0.2) is 5.11 Å². The molecule has 0 bridgehead atoms. The second-order valence-corrected chi connectivity index (χ2v) is 5.41. The summed E-state index contributed by atoms with van der Waals surface area (Å²) < 4.78 is 13.7. The molecule has 2 nitrogen and oxygen atoms in total. The molecular formula is C15H15BrFNO. The maximum atomic E-state index is 13.0. The molecule has 0 aromatic heterocycles. The summed E-state index contributed by atoms with van der Waals surface area (Å²) in [7, 11) is 0. The van der Waals surface area contributed by atoms with Crippen LogP contribution in [0.4, 0.5) is 10.1 Å². The number of anilines is 1. The number of hydrogen-bond donors (Lipinski definition) is 2. The number of nitrogens with one attached hydrogen (secondary N) is 1. The van der Waals surface area contributed by atoms with Crippen LogP contribution < -0.4 is 5.32 Å². The highest BCUT2D eigenvalue weighted by Gasteiger charge is 2.12. The van der Waals surface area contributed by atoms with E-state index in [-0.39, 0.29) is 17.6 Å². The van der Waals surface area contributed by atoms with Crippen molar-refractivity contribution in [2.75, 3.05) is 5.32 Å². The molecule has 19 heavy (non-hydrogen) atoms. The van der Waals surface area contributed by atoms with Gasteiger partial charge in [0.05, 0.1) is 6.04 Å². The number of phenols is 1. The Hall–Kier alpha value is -1.55. The van der Waals surface area contributed by atoms with Gasteiger partial charge in [0, 0.05) is 15.7 Å². The second kappa shape index (κ2) is 5.61. The van der Waals surface area contributed by atoms with Gasteiger partial charge in [-0.05, 0) is 59.6 Å². The monoisotopic (exact) mass is 323 g/mol. The molecule has 100 valence electrons. The van der Waals surface area contributed by atoms with Crippen molar-refractivity contribution < 1.29 is 9.50 Å². The minimum absolute atomic E-state index is 0.0811. The molecule has 4 heteroatoms. The predicted octanol–water partition coefficient (Wildman–Crippen LogP) is 4.78. The van der Waals surface area contributed by atoms with E-state index in [1.165, 1.54) is 12.1 Å². The second-order valence-electron chi connectivity index (χ2n) is 4.55. The third-order valence-corrected chi connectivity index (χ3v) is 3.61. The first kappa shape index (κ1) is 13.9. The lowest BCUT2D eigenvalue weighted by Gasteiger charge is -2.18. The van der Waals surface area contributed by atoms with E-state index in [1.54, 1.807) is 12.1 Å². The summed E-state index contributed by atoms with van der Waals surface area (Å²) in [5, 5.41) is 13.2.